The Morgan fingerprint density at radius 2 is 1.73 bits per heavy atom. The lowest BCUT2D eigenvalue weighted by Crippen LogP contribution is -2.12. The van der Waals surface area contributed by atoms with Gasteiger partial charge in [-0.15, -0.1) is 0 Å². The lowest BCUT2D eigenvalue weighted by atomic mass is 9.89. The Balaban J connectivity index is 2.81. The summed E-state index contributed by atoms with van der Waals surface area (Å²) in [6.07, 6.45) is 0. The fraction of sp³-hybridized carbons (Fsp3) is 0.429. The van der Waals surface area contributed by atoms with E-state index in [1.807, 2.05) is 0 Å². The van der Waals surface area contributed by atoms with E-state index in [1.54, 1.807) is 0 Å². The molecule has 1 N–H and O–H groups in total. The second-order valence-electron chi connectivity index (χ2n) is 5.37. The normalized spacial score (nSPS) is 12.3. The van der Waals surface area contributed by atoms with Crippen LogP contribution in [0.5, 0.6) is 0 Å². The molecule has 15 heavy (non-hydrogen) atoms. The minimum atomic E-state index is 0.190. The van der Waals surface area contributed by atoms with E-state index in [-0.39, 0.29) is 5.41 Å². The number of hydrogen-bond donors (Lipinski definition) is 1. The van der Waals surface area contributed by atoms with Crippen molar-refractivity contribution in [3.05, 3.63) is 35.0 Å². The Bertz CT molecular complexity index is 498. The summed E-state index contributed by atoms with van der Waals surface area (Å²) in [6, 6.07) is 6.49. The molecule has 0 unspecified atom stereocenters. The van der Waals surface area contributed by atoms with Gasteiger partial charge < -0.3 is 4.98 Å². The second-order valence-corrected chi connectivity index (χ2v) is 5.37. The fourth-order valence-electron chi connectivity index (χ4n) is 2.25. The molecule has 0 amide bonds. The predicted octanol–water partition coefficient (Wildman–Crippen LogP) is 4.08. The van der Waals surface area contributed by atoms with Crippen LogP contribution < -0.4 is 0 Å². The van der Waals surface area contributed by atoms with E-state index in [9.17, 15) is 0 Å². The third-order valence-electron chi connectivity index (χ3n) is 3.05. The van der Waals surface area contributed by atoms with Crippen LogP contribution in [0, 0.1) is 13.8 Å². The zero-order valence-corrected chi connectivity index (χ0v) is 10.2. The first kappa shape index (κ1) is 10.3. The van der Waals surface area contributed by atoms with E-state index in [2.05, 4.69) is 57.8 Å². The van der Waals surface area contributed by atoms with Crippen molar-refractivity contribution in [2.75, 3.05) is 0 Å². The van der Waals surface area contributed by atoms with Crippen LogP contribution >= 0.6 is 0 Å². The minimum absolute atomic E-state index is 0.190. The molecule has 1 aromatic carbocycles. The molecule has 2 aromatic rings. The minimum Gasteiger partial charge on any atom is -0.358 e. The Kier molecular flexibility index (Phi) is 2.14. The first-order chi connectivity index (χ1) is 6.91. The molecule has 1 aromatic heterocycles. The molecular weight excluding hydrogens is 182 g/mol. The lowest BCUT2D eigenvalue weighted by molar-refractivity contribution is 0.570. The number of H-pyrrole nitrogens is 1. The number of nitrogens with one attached hydrogen (secondary N) is 1. The predicted molar refractivity (Wildman–Crippen MR) is 66.5 cm³/mol. The van der Waals surface area contributed by atoms with Crippen molar-refractivity contribution >= 4 is 10.9 Å². The van der Waals surface area contributed by atoms with Crippen LogP contribution in [-0.4, -0.2) is 4.98 Å². The highest BCUT2D eigenvalue weighted by molar-refractivity contribution is 5.87. The van der Waals surface area contributed by atoms with Gasteiger partial charge in [0, 0.05) is 22.0 Å². The molecule has 0 bridgehead atoms. The Morgan fingerprint density at radius 1 is 1.07 bits per heavy atom. The van der Waals surface area contributed by atoms with Crippen LogP contribution in [0.1, 0.15) is 37.6 Å². The van der Waals surface area contributed by atoms with Gasteiger partial charge >= 0.3 is 0 Å². The van der Waals surface area contributed by atoms with E-state index in [0.717, 1.165) is 0 Å². The molecule has 80 valence electrons. The SMILES string of the molecule is Cc1c(C(C)(C)C)[nH]c2c(C)cccc12. The van der Waals surface area contributed by atoms with Crippen molar-refractivity contribution in [2.45, 2.75) is 40.0 Å². The summed E-state index contributed by atoms with van der Waals surface area (Å²) < 4.78 is 0. The molecule has 1 heteroatoms. The molecule has 0 fully saturated rings. The molecule has 0 atom stereocenters. The van der Waals surface area contributed by atoms with Crippen molar-refractivity contribution in [1.82, 2.24) is 4.98 Å². The summed E-state index contributed by atoms with van der Waals surface area (Å²) in [4.78, 5) is 3.57. The molecule has 0 aliphatic rings. The molecule has 1 heterocycles. The number of fused-ring (bicyclic) bond motifs is 1. The van der Waals surface area contributed by atoms with Gasteiger partial charge in [0.1, 0.15) is 0 Å². The second kappa shape index (κ2) is 3.13. The van der Waals surface area contributed by atoms with Crippen molar-refractivity contribution in [2.24, 2.45) is 0 Å². The average Bonchev–Trinajstić information content (AvgIpc) is 2.45. The van der Waals surface area contributed by atoms with Crippen LogP contribution in [0.25, 0.3) is 10.9 Å². The van der Waals surface area contributed by atoms with Crippen molar-refractivity contribution < 1.29 is 0 Å². The molecule has 1 nitrogen and oxygen atoms in total. The third-order valence-corrected chi connectivity index (χ3v) is 3.05. The standard InChI is InChI=1S/C14H19N/c1-9-7-6-8-11-10(2)13(14(3,4)5)15-12(9)11/h6-8,15H,1-5H3. The summed E-state index contributed by atoms with van der Waals surface area (Å²) in [6.45, 7) is 11.1. The summed E-state index contributed by atoms with van der Waals surface area (Å²) in [5.74, 6) is 0. The largest absolute Gasteiger partial charge is 0.358 e. The van der Waals surface area contributed by atoms with Crippen LogP contribution in [0.4, 0.5) is 0 Å². The third kappa shape index (κ3) is 1.56. The Labute approximate surface area is 91.5 Å². The summed E-state index contributed by atoms with van der Waals surface area (Å²) in [7, 11) is 0. The molecule has 0 saturated carbocycles. The van der Waals surface area contributed by atoms with Gasteiger partial charge in [-0.2, -0.15) is 0 Å². The maximum Gasteiger partial charge on any atom is 0.0488 e. The van der Waals surface area contributed by atoms with Gasteiger partial charge in [-0.1, -0.05) is 39.0 Å². The maximum absolute atomic E-state index is 3.57. The first-order valence-electron chi connectivity index (χ1n) is 5.49. The van der Waals surface area contributed by atoms with Crippen molar-refractivity contribution in [3.8, 4) is 0 Å². The van der Waals surface area contributed by atoms with Gasteiger partial charge in [0.05, 0.1) is 0 Å². The van der Waals surface area contributed by atoms with Crippen LogP contribution in [0.15, 0.2) is 18.2 Å². The van der Waals surface area contributed by atoms with Gasteiger partial charge in [-0.05, 0) is 25.0 Å². The highest BCUT2D eigenvalue weighted by Crippen LogP contribution is 2.31. The van der Waals surface area contributed by atoms with Crippen molar-refractivity contribution in [3.63, 3.8) is 0 Å². The monoisotopic (exact) mass is 201 g/mol. The van der Waals surface area contributed by atoms with Gasteiger partial charge in [0.2, 0.25) is 0 Å². The molecule has 0 saturated heterocycles. The summed E-state index contributed by atoms with van der Waals surface area (Å²) >= 11 is 0. The molecular formula is C14H19N. The molecule has 2 rings (SSSR count). The topological polar surface area (TPSA) is 15.8 Å². The number of hydrogen-bond acceptors (Lipinski definition) is 0. The Hall–Kier alpha value is -1.24. The average molecular weight is 201 g/mol. The fourth-order valence-corrected chi connectivity index (χ4v) is 2.25. The summed E-state index contributed by atoms with van der Waals surface area (Å²) in [5.41, 5.74) is 5.55. The van der Waals surface area contributed by atoms with Gasteiger partial charge in [0.25, 0.3) is 0 Å². The summed E-state index contributed by atoms with van der Waals surface area (Å²) in [5, 5.41) is 1.36. The van der Waals surface area contributed by atoms with E-state index >= 15 is 0 Å². The zero-order chi connectivity index (χ0) is 11.2. The number of rotatable bonds is 0. The van der Waals surface area contributed by atoms with Gasteiger partial charge in [0.15, 0.2) is 0 Å². The molecule has 0 radical (unpaired) electrons. The van der Waals surface area contributed by atoms with Gasteiger partial charge in [-0.3, -0.25) is 0 Å². The van der Waals surface area contributed by atoms with Crippen LogP contribution in [0.3, 0.4) is 0 Å². The maximum atomic E-state index is 3.57. The molecule has 0 aliphatic carbocycles. The Morgan fingerprint density at radius 3 is 2.27 bits per heavy atom. The van der Waals surface area contributed by atoms with Crippen LogP contribution in [-0.2, 0) is 5.41 Å². The van der Waals surface area contributed by atoms with Gasteiger partial charge in [-0.25, -0.2) is 0 Å². The highest BCUT2D eigenvalue weighted by atomic mass is 14.7. The number of aromatic amines is 1. The number of aromatic nitrogens is 1. The van der Waals surface area contributed by atoms with E-state index < -0.39 is 0 Å². The van der Waals surface area contributed by atoms with Crippen molar-refractivity contribution in [1.29, 1.82) is 0 Å². The first-order valence-corrected chi connectivity index (χ1v) is 5.49. The quantitative estimate of drug-likeness (QED) is 0.661. The number of benzene rings is 1. The zero-order valence-electron chi connectivity index (χ0n) is 10.2. The van der Waals surface area contributed by atoms with E-state index in [1.165, 1.54) is 27.7 Å². The molecule has 0 spiro atoms. The highest BCUT2D eigenvalue weighted by Gasteiger charge is 2.20. The van der Waals surface area contributed by atoms with E-state index in [4.69, 9.17) is 0 Å². The van der Waals surface area contributed by atoms with E-state index in [0.29, 0.717) is 0 Å². The molecule has 0 aliphatic heterocycles. The lowest BCUT2D eigenvalue weighted by Gasteiger charge is -2.17. The van der Waals surface area contributed by atoms with Crippen LogP contribution in [0.2, 0.25) is 0 Å². The smallest absolute Gasteiger partial charge is 0.0488 e. The number of para-hydroxylation sites is 1. The number of aryl methyl sites for hydroxylation is 2.